The molecule has 24 heavy (non-hydrogen) atoms. The third-order valence-electron chi connectivity index (χ3n) is 4.69. The van der Waals surface area contributed by atoms with E-state index in [9.17, 15) is 4.79 Å². The summed E-state index contributed by atoms with van der Waals surface area (Å²) in [5.41, 5.74) is 1.24. The van der Waals surface area contributed by atoms with E-state index in [1.165, 1.54) is 5.56 Å². The predicted octanol–water partition coefficient (Wildman–Crippen LogP) is 2.48. The lowest BCUT2D eigenvalue weighted by molar-refractivity contribution is -0.123. The van der Waals surface area contributed by atoms with E-state index in [1.54, 1.807) is 0 Å². The summed E-state index contributed by atoms with van der Waals surface area (Å²) >= 11 is 0. The van der Waals surface area contributed by atoms with Gasteiger partial charge in [0, 0.05) is 38.8 Å². The molecule has 1 amide bonds. The predicted molar refractivity (Wildman–Crippen MR) is 101 cm³/mol. The topological polar surface area (TPSA) is 35.6 Å². The number of nitrogens with zero attached hydrogens (tertiary/aromatic N) is 2. The molecule has 0 aromatic heterocycles. The zero-order valence-electron chi connectivity index (χ0n) is 15.2. The molecule has 2 rings (SSSR count). The average molecular weight is 329 g/mol. The van der Waals surface area contributed by atoms with Gasteiger partial charge in [0.1, 0.15) is 0 Å². The van der Waals surface area contributed by atoms with Gasteiger partial charge in [-0.3, -0.25) is 14.6 Å². The molecule has 0 bridgehead atoms. The van der Waals surface area contributed by atoms with E-state index < -0.39 is 0 Å². The van der Waals surface area contributed by atoms with Gasteiger partial charge in [0.15, 0.2) is 0 Å². The molecule has 1 aromatic carbocycles. The molecule has 0 aliphatic carbocycles. The molecule has 1 N–H and O–H groups in total. The number of hydrogen-bond acceptors (Lipinski definition) is 3. The first-order valence-corrected chi connectivity index (χ1v) is 9.00. The van der Waals surface area contributed by atoms with Gasteiger partial charge in [-0.05, 0) is 18.4 Å². The lowest BCUT2D eigenvalue weighted by atomic mass is 10.1. The Morgan fingerprint density at radius 1 is 1.08 bits per heavy atom. The number of piperazine rings is 1. The first kappa shape index (κ1) is 18.7. The van der Waals surface area contributed by atoms with Crippen LogP contribution in [0.5, 0.6) is 0 Å². The summed E-state index contributed by atoms with van der Waals surface area (Å²) in [6.07, 6.45) is 4.40. The van der Waals surface area contributed by atoms with Crippen molar-refractivity contribution in [1.29, 1.82) is 0 Å². The highest BCUT2D eigenvalue weighted by atomic mass is 16.2. The molecule has 1 aliphatic heterocycles. The maximum atomic E-state index is 12.1. The van der Waals surface area contributed by atoms with Gasteiger partial charge in [0.2, 0.25) is 5.91 Å². The van der Waals surface area contributed by atoms with Gasteiger partial charge >= 0.3 is 0 Å². The smallest absolute Gasteiger partial charge is 0.234 e. The Morgan fingerprint density at radius 3 is 2.33 bits per heavy atom. The number of carbonyl (C=O) groups excluding carboxylic acids is 1. The second-order valence-electron chi connectivity index (χ2n) is 6.99. The third kappa shape index (κ3) is 6.46. The Labute approximate surface area is 146 Å². The summed E-state index contributed by atoms with van der Waals surface area (Å²) < 4.78 is 0. The second-order valence-corrected chi connectivity index (χ2v) is 6.99. The van der Waals surface area contributed by atoms with E-state index in [-0.39, 0.29) is 11.9 Å². The zero-order chi connectivity index (χ0) is 17.4. The molecule has 1 atom stereocenters. The normalized spacial score (nSPS) is 18.2. The van der Waals surface area contributed by atoms with Crippen molar-refractivity contribution >= 4 is 12.0 Å². The first-order valence-electron chi connectivity index (χ1n) is 9.00. The third-order valence-corrected chi connectivity index (χ3v) is 4.69. The van der Waals surface area contributed by atoms with Crippen LogP contribution in [0.2, 0.25) is 0 Å². The minimum atomic E-state index is 0.147. The maximum Gasteiger partial charge on any atom is 0.234 e. The van der Waals surface area contributed by atoms with E-state index in [2.05, 4.69) is 72.3 Å². The Kier molecular flexibility index (Phi) is 7.47. The van der Waals surface area contributed by atoms with E-state index in [4.69, 9.17) is 0 Å². The molecule has 0 spiro atoms. The molecule has 1 saturated heterocycles. The lowest BCUT2D eigenvalue weighted by Gasteiger charge is -2.34. The van der Waals surface area contributed by atoms with E-state index in [0.717, 1.165) is 32.7 Å². The van der Waals surface area contributed by atoms with E-state index in [1.807, 2.05) is 6.07 Å². The van der Waals surface area contributed by atoms with E-state index >= 15 is 0 Å². The number of hydrogen-bond donors (Lipinski definition) is 1. The second kappa shape index (κ2) is 9.60. The van der Waals surface area contributed by atoms with Crippen molar-refractivity contribution < 1.29 is 4.79 Å². The first-order chi connectivity index (χ1) is 11.5. The highest BCUT2D eigenvalue weighted by Gasteiger charge is 2.19. The molecular formula is C20H31N3O. The Bertz CT molecular complexity index is 519. The van der Waals surface area contributed by atoms with Crippen LogP contribution in [0.3, 0.4) is 0 Å². The molecule has 1 fully saturated rings. The standard InChI is InChI=1S/C20H31N3O/c1-17(2)18(3)21-20(24)16-23-14-12-22(13-15-23)11-7-10-19-8-5-4-6-9-19/h4-10,17-18H,11-16H2,1-3H3,(H,21,24)/b10-7+/t18-/m1/s1. The highest BCUT2D eigenvalue weighted by Crippen LogP contribution is 2.05. The summed E-state index contributed by atoms with van der Waals surface area (Å²) in [6, 6.07) is 10.6. The van der Waals surface area contributed by atoms with Crippen LogP contribution in [0.25, 0.3) is 6.08 Å². The quantitative estimate of drug-likeness (QED) is 0.835. The van der Waals surface area contributed by atoms with Gasteiger partial charge in [-0.2, -0.15) is 0 Å². The zero-order valence-corrected chi connectivity index (χ0v) is 15.2. The van der Waals surface area contributed by atoms with Crippen molar-refractivity contribution in [3.05, 3.63) is 42.0 Å². The molecule has 0 radical (unpaired) electrons. The SMILES string of the molecule is CC(C)[C@@H](C)NC(=O)CN1CCN(C/C=C/c2ccccc2)CC1. The number of rotatable bonds is 7. The van der Waals surface area contributed by atoms with Crippen molar-refractivity contribution in [1.82, 2.24) is 15.1 Å². The number of nitrogens with one attached hydrogen (secondary N) is 1. The molecule has 0 saturated carbocycles. The molecule has 4 heteroatoms. The van der Waals surface area contributed by atoms with Gasteiger partial charge < -0.3 is 5.32 Å². The van der Waals surface area contributed by atoms with Crippen LogP contribution in [0, 0.1) is 5.92 Å². The fraction of sp³-hybridized carbons (Fsp3) is 0.550. The van der Waals surface area contributed by atoms with Gasteiger partial charge in [0.25, 0.3) is 0 Å². The van der Waals surface area contributed by atoms with Gasteiger partial charge in [-0.25, -0.2) is 0 Å². The summed E-state index contributed by atoms with van der Waals surface area (Å²) in [6.45, 7) is 11.8. The van der Waals surface area contributed by atoms with Gasteiger partial charge in [-0.15, -0.1) is 0 Å². The Hall–Kier alpha value is -1.65. The Morgan fingerprint density at radius 2 is 1.71 bits per heavy atom. The fourth-order valence-electron chi connectivity index (χ4n) is 2.70. The molecule has 1 aliphatic rings. The molecule has 1 aromatic rings. The fourth-order valence-corrected chi connectivity index (χ4v) is 2.70. The number of benzene rings is 1. The summed E-state index contributed by atoms with van der Waals surface area (Å²) in [4.78, 5) is 16.7. The lowest BCUT2D eigenvalue weighted by Crippen LogP contribution is -2.50. The average Bonchev–Trinajstić information content (AvgIpc) is 2.57. The maximum absolute atomic E-state index is 12.1. The number of amides is 1. The van der Waals surface area contributed by atoms with Crippen molar-refractivity contribution in [2.24, 2.45) is 5.92 Å². The monoisotopic (exact) mass is 329 g/mol. The van der Waals surface area contributed by atoms with Crippen molar-refractivity contribution in [3.63, 3.8) is 0 Å². The van der Waals surface area contributed by atoms with Gasteiger partial charge in [-0.1, -0.05) is 56.3 Å². The van der Waals surface area contributed by atoms with Crippen molar-refractivity contribution in [2.75, 3.05) is 39.3 Å². The largest absolute Gasteiger partial charge is 0.352 e. The van der Waals surface area contributed by atoms with Crippen molar-refractivity contribution in [3.8, 4) is 0 Å². The summed E-state index contributed by atoms with van der Waals surface area (Å²) in [5.74, 6) is 0.621. The number of carbonyl (C=O) groups is 1. The minimum Gasteiger partial charge on any atom is -0.352 e. The Balaban J connectivity index is 1.66. The summed E-state index contributed by atoms with van der Waals surface area (Å²) in [5, 5.41) is 3.08. The van der Waals surface area contributed by atoms with Crippen LogP contribution < -0.4 is 5.32 Å². The van der Waals surface area contributed by atoms with Crippen LogP contribution >= 0.6 is 0 Å². The minimum absolute atomic E-state index is 0.147. The van der Waals surface area contributed by atoms with Crippen LogP contribution in [-0.2, 0) is 4.79 Å². The molecule has 4 nitrogen and oxygen atoms in total. The van der Waals surface area contributed by atoms with Crippen molar-refractivity contribution in [2.45, 2.75) is 26.8 Å². The van der Waals surface area contributed by atoms with E-state index in [0.29, 0.717) is 12.5 Å². The van der Waals surface area contributed by atoms with Crippen LogP contribution in [0.4, 0.5) is 0 Å². The summed E-state index contributed by atoms with van der Waals surface area (Å²) in [7, 11) is 0. The highest BCUT2D eigenvalue weighted by molar-refractivity contribution is 5.78. The van der Waals surface area contributed by atoms with Crippen LogP contribution in [-0.4, -0.2) is 61.0 Å². The van der Waals surface area contributed by atoms with Crippen LogP contribution in [0.1, 0.15) is 26.3 Å². The van der Waals surface area contributed by atoms with Crippen LogP contribution in [0.15, 0.2) is 36.4 Å². The molecule has 132 valence electrons. The molecule has 1 heterocycles. The molecular weight excluding hydrogens is 298 g/mol. The molecule has 0 unspecified atom stereocenters. The van der Waals surface area contributed by atoms with Gasteiger partial charge in [0.05, 0.1) is 6.54 Å².